The number of benzene rings is 12. The molecule has 12 aromatic carbocycles. The van der Waals surface area contributed by atoms with E-state index in [0.717, 1.165) is 0 Å². The molecule has 0 amide bonds. The maximum atomic E-state index is 2.44. The number of hydrogen-bond acceptors (Lipinski definition) is 0. The van der Waals surface area contributed by atoms with Crippen LogP contribution in [0, 0.1) is 0 Å². The molecule has 0 saturated heterocycles. The van der Waals surface area contributed by atoms with Crippen LogP contribution in [0.25, 0.3) is 121 Å². The average molecular weight is 867 g/mol. The number of rotatable bonds is 7. The molecule has 0 unspecified atom stereocenters. The van der Waals surface area contributed by atoms with Gasteiger partial charge in [0, 0.05) is 0 Å². The highest BCUT2D eigenvalue weighted by Crippen LogP contribution is 2.45. The van der Waals surface area contributed by atoms with Crippen LogP contribution in [0.3, 0.4) is 0 Å². The van der Waals surface area contributed by atoms with Gasteiger partial charge in [-0.05, 0) is 180 Å². The van der Waals surface area contributed by atoms with Crippen molar-refractivity contribution < 1.29 is 0 Å². The zero-order chi connectivity index (χ0) is 45.8. The summed E-state index contributed by atoms with van der Waals surface area (Å²) < 4.78 is 0. The van der Waals surface area contributed by atoms with E-state index in [9.17, 15) is 0 Å². The molecule has 12 rings (SSSR count). The molecule has 68 heavy (non-hydrogen) atoms. The van der Waals surface area contributed by atoms with Gasteiger partial charge in [-0.3, -0.25) is 0 Å². The largest absolute Gasteiger partial charge is 0.0622 e. The lowest BCUT2D eigenvalue weighted by molar-refractivity contribution is 0.590. The van der Waals surface area contributed by atoms with E-state index >= 15 is 0 Å². The van der Waals surface area contributed by atoms with Crippen molar-refractivity contribution in [1.29, 1.82) is 0 Å². The molecule has 0 spiro atoms. The second-order valence-electron chi connectivity index (χ2n) is 19.3. The van der Waals surface area contributed by atoms with E-state index in [4.69, 9.17) is 0 Å². The molecule has 0 aromatic heterocycles. The molecule has 0 aliphatic rings. The van der Waals surface area contributed by atoms with Crippen LogP contribution in [-0.2, 0) is 5.41 Å². The molecule has 322 valence electrons. The highest BCUT2D eigenvalue weighted by Gasteiger charge is 2.19. The van der Waals surface area contributed by atoms with Gasteiger partial charge in [0.15, 0.2) is 0 Å². The first kappa shape index (κ1) is 41.1. The molecular weight excluding hydrogens is 817 g/mol. The molecule has 0 saturated carbocycles. The van der Waals surface area contributed by atoms with Crippen molar-refractivity contribution in [3.63, 3.8) is 0 Å². The maximum absolute atomic E-state index is 2.44. The predicted molar refractivity (Wildman–Crippen MR) is 293 cm³/mol. The fourth-order valence-corrected chi connectivity index (χ4v) is 10.4. The molecule has 0 heteroatoms. The topological polar surface area (TPSA) is 0 Å². The minimum atomic E-state index is 0.0885. The molecule has 0 fully saturated rings. The zero-order valence-electron chi connectivity index (χ0n) is 38.7. The van der Waals surface area contributed by atoms with Crippen molar-refractivity contribution in [3.8, 4) is 77.9 Å². The van der Waals surface area contributed by atoms with Crippen molar-refractivity contribution in [2.24, 2.45) is 0 Å². The van der Waals surface area contributed by atoms with E-state index in [1.165, 1.54) is 127 Å². The third-order valence-corrected chi connectivity index (χ3v) is 14.0. The van der Waals surface area contributed by atoms with Gasteiger partial charge in [-0.1, -0.05) is 221 Å². The van der Waals surface area contributed by atoms with Gasteiger partial charge in [-0.25, -0.2) is 0 Å². The van der Waals surface area contributed by atoms with Crippen molar-refractivity contribution >= 4 is 43.1 Å². The van der Waals surface area contributed by atoms with Crippen LogP contribution in [0.1, 0.15) is 26.3 Å². The Labute approximate surface area is 399 Å². The molecule has 0 heterocycles. The van der Waals surface area contributed by atoms with Crippen molar-refractivity contribution in [2.45, 2.75) is 26.2 Å². The van der Waals surface area contributed by atoms with Gasteiger partial charge in [0.05, 0.1) is 0 Å². The number of fused-ring (bicyclic) bond motifs is 5. The first-order valence-electron chi connectivity index (χ1n) is 23.8. The molecule has 12 aromatic rings. The third kappa shape index (κ3) is 7.55. The lowest BCUT2D eigenvalue weighted by atomic mass is 9.83. The Morgan fingerprint density at radius 1 is 0.206 bits per heavy atom. The van der Waals surface area contributed by atoms with Crippen LogP contribution >= 0.6 is 0 Å². The number of hydrogen-bond donors (Lipinski definition) is 0. The van der Waals surface area contributed by atoms with E-state index < -0.39 is 0 Å². The van der Waals surface area contributed by atoms with Crippen molar-refractivity contribution in [3.05, 3.63) is 254 Å². The van der Waals surface area contributed by atoms with Gasteiger partial charge in [-0.15, -0.1) is 0 Å². The molecule has 0 radical (unpaired) electrons. The zero-order valence-corrected chi connectivity index (χ0v) is 38.7. The minimum absolute atomic E-state index is 0.0885. The van der Waals surface area contributed by atoms with E-state index in [1.807, 2.05) is 0 Å². The Bertz CT molecular complexity index is 3720. The van der Waals surface area contributed by atoms with Gasteiger partial charge in [0.2, 0.25) is 0 Å². The molecule has 0 nitrogen and oxygen atoms in total. The minimum Gasteiger partial charge on any atom is -0.0622 e. The molecule has 0 bridgehead atoms. The second kappa shape index (κ2) is 16.8. The highest BCUT2D eigenvalue weighted by molar-refractivity contribution is 6.22. The summed E-state index contributed by atoms with van der Waals surface area (Å²) in [6, 6.07) is 92.3. The quantitative estimate of drug-likeness (QED) is 0.111. The summed E-state index contributed by atoms with van der Waals surface area (Å²) in [6.45, 7) is 6.84. The SMILES string of the molecule is CC(C)(C)c1ccc(-c2c3ccccc3c(-c3ccc4ccc5ccc(-c6cc(-c7ccccc7)cc(-c7cc(-c8ccccc8)cc(-c8ccccc8)c7)c6)cc5c4c3)c3ccccc23)cc1. The predicted octanol–water partition coefficient (Wildman–Crippen LogP) is 19.3. The van der Waals surface area contributed by atoms with E-state index in [0.29, 0.717) is 0 Å². The van der Waals surface area contributed by atoms with Gasteiger partial charge >= 0.3 is 0 Å². The van der Waals surface area contributed by atoms with Crippen molar-refractivity contribution in [1.82, 2.24) is 0 Å². The van der Waals surface area contributed by atoms with Gasteiger partial charge in [-0.2, -0.15) is 0 Å². The van der Waals surface area contributed by atoms with Gasteiger partial charge in [0.1, 0.15) is 0 Å². The summed E-state index contributed by atoms with van der Waals surface area (Å²) in [7, 11) is 0. The summed E-state index contributed by atoms with van der Waals surface area (Å²) in [5.74, 6) is 0. The van der Waals surface area contributed by atoms with Gasteiger partial charge < -0.3 is 0 Å². The third-order valence-electron chi connectivity index (χ3n) is 14.0. The fourth-order valence-electron chi connectivity index (χ4n) is 10.4. The molecule has 0 aliphatic carbocycles. The first-order valence-corrected chi connectivity index (χ1v) is 23.8. The lowest BCUT2D eigenvalue weighted by Gasteiger charge is -2.21. The van der Waals surface area contributed by atoms with Crippen LogP contribution < -0.4 is 0 Å². The van der Waals surface area contributed by atoms with Crippen LogP contribution in [0.5, 0.6) is 0 Å². The van der Waals surface area contributed by atoms with E-state index in [-0.39, 0.29) is 5.41 Å². The normalized spacial score (nSPS) is 11.8. The van der Waals surface area contributed by atoms with E-state index in [1.54, 1.807) is 0 Å². The summed E-state index contributed by atoms with van der Waals surface area (Å²) in [5, 5.41) is 10.0. The first-order chi connectivity index (χ1) is 33.3. The average Bonchev–Trinajstić information content (AvgIpc) is 3.40. The molecular formula is C68H50. The standard InChI is InChI=1S/C68H50/c1-68(2,3)59-35-33-50(34-36-59)66-60-23-13-15-25-62(60)67(63-26-16-14-24-61(63)66)52-32-30-49-28-27-48-29-31-51(43-64(48)65(49)44-52)56-38-55(47-21-11-6-12-22-47)41-58(42-56)57-39-53(45-17-7-4-8-18-45)37-54(40-57)46-19-9-5-10-20-46/h4-44H,1-3H3. The lowest BCUT2D eigenvalue weighted by Crippen LogP contribution is -2.10. The highest BCUT2D eigenvalue weighted by atomic mass is 14.2. The summed E-state index contributed by atoms with van der Waals surface area (Å²) in [4.78, 5) is 0. The second-order valence-corrected chi connectivity index (χ2v) is 19.3. The summed E-state index contributed by atoms with van der Waals surface area (Å²) >= 11 is 0. The van der Waals surface area contributed by atoms with Crippen LogP contribution in [0.15, 0.2) is 249 Å². The summed E-state index contributed by atoms with van der Waals surface area (Å²) in [6.07, 6.45) is 0. The Morgan fingerprint density at radius 2 is 0.500 bits per heavy atom. The smallest absolute Gasteiger partial charge is 0.00261 e. The van der Waals surface area contributed by atoms with E-state index in [2.05, 4.69) is 269 Å². The van der Waals surface area contributed by atoms with Gasteiger partial charge in [0.25, 0.3) is 0 Å². The monoisotopic (exact) mass is 866 g/mol. The molecule has 0 atom stereocenters. The Kier molecular flexibility index (Phi) is 10.2. The van der Waals surface area contributed by atoms with Crippen LogP contribution in [-0.4, -0.2) is 0 Å². The Hall–Kier alpha value is -8.32. The van der Waals surface area contributed by atoms with Crippen LogP contribution in [0.4, 0.5) is 0 Å². The van der Waals surface area contributed by atoms with Crippen molar-refractivity contribution in [2.75, 3.05) is 0 Å². The Morgan fingerprint density at radius 3 is 0.897 bits per heavy atom. The molecule has 0 N–H and O–H groups in total. The van der Waals surface area contributed by atoms with Crippen LogP contribution in [0.2, 0.25) is 0 Å². The molecule has 0 aliphatic heterocycles. The summed E-state index contributed by atoms with van der Waals surface area (Å²) in [5.41, 5.74) is 18.4. The fraction of sp³-hybridized carbons (Fsp3) is 0.0588. The Balaban J connectivity index is 1.04. The maximum Gasteiger partial charge on any atom is -0.00261 e.